The minimum absolute atomic E-state index is 0.229. The summed E-state index contributed by atoms with van der Waals surface area (Å²) in [5.41, 5.74) is 1.11. The van der Waals surface area contributed by atoms with Crippen LogP contribution >= 0.6 is 23.1 Å². The molecule has 0 spiro atoms. The zero-order chi connectivity index (χ0) is 18.7. The second-order valence-corrected chi connectivity index (χ2v) is 7.73. The molecule has 1 fully saturated rings. The van der Waals surface area contributed by atoms with Gasteiger partial charge in [-0.3, -0.25) is 19.0 Å². The number of thiazole rings is 1. The predicted molar refractivity (Wildman–Crippen MR) is 97.6 cm³/mol. The molecule has 1 aromatic carbocycles. The Bertz CT molecular complexity index is 880. The monoisotopic (exact) mass is 396 g/mol. The molecule has 138 valence electrons. The van der Waals surface area contributed by atoms with E-state index in [1.54, 1.807) is 30.5 Å². The molecule has 2 heterocycles. The molecule has 1 amide bonds. The van der Waals surface area contributed by atoms with E-state index in [1.807, 2.05) is 0 Å². The number of hydrogen-bond donors (Lipinski definition) is 0. The van der Waals surface area contributed by atoms with Crippen LogP contribution in [-0.4, -0.2) is 40.2 Å². The van der Waals surface area contributed by atoms with Crippen molar-refractivity contribution in [1.29, 1.82) is 0 Å². The van der Waals surface area contributed by atoms with Crippen molar-refractivity contribution in [3.63, 3.8) is 0 Å². The van der Waals surface area contributed by atoms with Crippen LogP contribution < -0.4 is 4.87 Å². The molecule has 0 radical (unpaired) electrons. The number of benzene rings is 1. The summed E-state index contributed by atoms with van der Waals surface area (Å²) in [7, 11) is 0. The van der Waals surface area contributed by atoms with Gasteiger partial charge in [0.2, 0.25) is 0 Å². The topological polar surface area (TPSA) is 68.6 Å². The molecule has 1 aliphatic heterocycles. The van der Waals surface area contributed by atoms with Crippen molar-refractivity contribution in [2.24, 2.45) is 0 Å². The van der Waals surface area contributed by atoms with E-state index in [0.29, 0.717) is 23.6 Å². The van der Waals surface area contributed by atoms with Crippen molar-refractivity contribution in [2.45, 2.75) is 18.8 Å². The molecular formula is C17H17FN2O4S2. The number of carbonyl (C=O) groups excluding carboxylic acids is 2. The highest BCUT2D eigenvalue weighted by atomic mass is 32.2. The molecule has 0 bridgehead atoms. The maximum atomic E-state index is 14.0. The van der Waals surface area contributed by atoms with Gasteiger partial charge in [-0.1, -0.05) is 29.5 Å². The maximum absolute atomic E-state index is 14.0. The quantitative estimate of drug-likeness (QED) is 0.725. The van der Waals surface area contributed by atoms with Crippen LogP contribution in [0.1, 0.15) is 16.6 Å². The Hall–Kier alpha value is -2.13. The Morgan fingerprint density at radius 3 is 2.81 bits per heavy atom. The highest BCUT2D eigenvalue weighted by molar-refractivity contribution is 7.99. The minimum atomic E-state index is -0.656. The average molecular weight is 396 g/mol. The fraction of sp³-hybridized carbons (Fsp3) is 0.353. The van der Waals surface area contributed by atoms with E-state index in [2.05, 4.69) is 0 Å². The van der Waals surface area contributed by atoms with Crippen LogP contribution in [0.25, 0.3) is 0 Å². The standard InChI is InChI=1S/C17H17FN2O4S2/c1-11-10-26-17(23)20(11)8-15(22)24-9-14(21)19-6-7-25-16(19)12-4-2-3-5-13(12)18/h2-5,10,16H,6-9H2,1H3/t16-/m1/s1. The number of rotatable bonds is 5. The summed E-state index contributed by atoms with van der Waals surface area (Å²) in [6.07, 6.45) is 0. The smallest absolute Gasteiger partial charge is 0.326 e. The lowest BCUT2D eigenvalue weighted by Gasteiger charge is -2.24. The molecule has 1 atom stereocenters. The van der Waals surface area contributed by atoms with E-state index < -0.39 is 18.0 Å². The average Bonchev–Trinajstić information content (AvgIpc) is 3.22. The zero-order valence-electron chi connectivity index (χ0n) is 14.0. The third kappa shape index (κ3) is 3.99. The molecule has 1 aromatic heterocycles. The molecule has 0 aliphatic carbocycles. The summed E-state index contributed by atoms with van der Waals surface area (Å²) in [6.45, 7) is 1.52. The Balaban J connectivity index is 1.60. The van der Waals surface area contributed by atoms with Crippen LogP contribution in [0, 0.1) is 12.7 Å². The van der Waals surface area contributed by atoms with Crippen LogP contribution in [0.3, 0.4) is 0 Å². The van der Waals surface area contributed by atoms with Gasteiger partial charge >= 0.3 is 10.8 Å². The summed E-state index contributed by atoms with van der Waals surface area (Å²) in [6, 6.07) is 6.33. The highest BCUT2D eigenvalue weighted by Gasteiger charge is 2.32. The second kappa shape index (κ2) is 8.05. The van der Waals surface area contributed by atoms with Gasteiger partial charge in [-0.15, -0.1) is 11.8 Å². The molecule has 6 nitrogen and oxygen atoms in total. The third-order valence-corrected chi connectivity index (χ3v) is 6.13. The molecule has 0 saturated carbocycles. The van der Waals surface area contributed by atoms with Crippen LogP contribution in [0.15, 0.2) is 34.4 Å². The van der Waals surface area contributed by atoms with Gasteiger partial charge in [0.05, 0.1) is 0 Å². The van der Waals surface area contributed by atoms with Gasteiger partial charge in [0.1, 0.15) is 17.7 Å². The third-order valence-electron chi connectivity index (χ3n) is 4.00. The number of carbonyl (C=O) groups is 2. The SMILES string of the molecule is Cc1csc(=O)n1CC(=O)OCC(=O)N1CCS[C@@H]1c1ccccc1F. The van der Waals surface area contributed by atoms with E-state index in [0.717, 1.165) is 11.3 Å². The lowest BCUT2D eigenvalue weighted by molar-refractivity contribution is -0.152. The van der Waals surface area contributed by atoms with Gasteiger partial charge in [0, 0.05) is 28.9 Å². The van der Waals surface area contributed by atoms with Gasteiger partial charge in [-0.25, -0.2) is 4.39 Å². The number of aryl methyl sites for hydroxylation is 1. The molecule has 1 aliphatic rings. The molecule has 9 heteroatoms. The number of thioether (sulfide) groups is 1. The summed E-state index contributed by atoms with van der Waals surface area (Å²) in [5, 5.41) is 1.23. The van der Waals surface area contributed by atoms with Crippen molar-refractivity contribution >= 4 is 35.0 Å². The van der Waals surface area contributed by atoms with Crippen molar-refractivity contribution in [1.82, 2.24) is 9.47 Å². The van der Waals surface area contributed by atoms with Gasteiger partial charge in [-0.2, -0.15) is 0 Å². The molecule has 26 heavy (non-hydrogen) atoms. The van der Waals surface area contributed by atoms with Crippen molar-refractivity contribution in [2.75, 3.05) is 18.9 Å². The molecule has 3 rings (SSSR count). The van der Waals surface area contributed by atoms with E-state index >= 15 is 0 Å². The number of ether oxygens (including phenoxy) is 1. The number of nitrogens with zero attached hydrogens (tertiary/aromatic N) is 2. The van der Waals surface area contributed by atoms with E-state index in [4.69, 9.17) is 4.74 Å². The normalized spacial score (nSPS) is 16.7. The number of esters is 1. The number of halogens is 1. The Kier molecular flexibility index (Phi) is 5.77. The van der Waals surface area contributed by atoms with Gasteiger partial charge in [0.15, 0.2) is 6.61 Å². The molecule has 1 saturated heterocycles. The van der Waals surface area contributed by atoms with E-state index in [9.17, 15) is 18.8 Å². The highest BCUT2D eigenvalue weighted by Crippen LogP contribution is 2.38. The van der Waals surface area contributed by atoms with Gasteiger partial charge in [-0.05, 0) is 13.0 Å². The lowest BCUT2D eigenvalue weighted by atomic mass is 10.2. The Morgan fingerprint density at radius 2 is 2.12 bits per heavy atom. The first kappa shape index (κ1) is 18.7. The van der Waals surface area contributed by atoms with Crippen molar-refractivity contribution < 1.29 is 18.7 Å². The Morgan fingerprint density at radius 1 is 1.35 bits per heavy atom. The van der Waals surface area contributed by atoms with Crippen LogP contribution in [0.2, 0.25) is 0 Å². The molecule has 0 N–H and O–H groups in total. The van der Waals surface area contributed by atoms with E-state index in [-0.39, 0.29) is 23.1 Å². The summed E-state index contributed by atoms with van der Waals surface area (Å²) >= 11 is 2.47. The lowest BCUT2D eigenvalue weighted by Crippen LogP contribution is -2.35. The first-order valence-electron chi connectivity index (χ1n) is 7.93. The predicted octanol–water partition coefficient (Wildman–Crippen LogP) is 2.17. The number of hydrogen-bond acceptors (Lipinski definition) is 6. The maximum Gasteiger partial charge on any atom is 0.326 e. The summed E-state index contributed by atoms with van der Waals surface area (Å²) in [4.78, 5) is 37.2. The van der Waals surface area contributed by atoms with Gasteiger partial charge in [0.25, 0.3) is 5.91 Å². The number of aromatic nitrogens is 1. The van der Waals surface area contributed by atoms with Crippen LogP contribution in [0.5, 0.6) is 0 Å². The van der Waals surface area contributed by atoms with Crippen molar-refractivity contribution in [3.8, 4) is 0 Å². The zero-order valence-corrected chi connectivity index (χ0v) is 15.6. The summed E-state index contributed by atoms with van der Waals surface area (Å²) in [5.74, 6) is -0.724. The van der Waals surface area contributed by atoms with Crippen LogP contribution in [-0.2, 0) is 20.9 Å². The van der Waals surface area contributed by atoms with Crippen LogP contribution in [0.4, 0.5) is 4.39 Å². The number of amides is 1. The Labute approximate surface area is 157 Å². The van der Waals surface area contributed by atoms with E-state index in [1.165, 1.54) is 27.3 Å². The first-order valence-corrected chi connectivity index (χ1v) is 9.86. The molecule has 2 aromatic rings. The van der Waals surface area contributed by atoms with Gasteiger partial charge < -0.3 is 9.64 Å². The fourth-order valence-corrected chi connectivity index (χ4v) is 4.69. The molecule has 0 unspecified atom stereocenters. The molecular weight excluding hydrogens is 379 g/mol. The first-order chi connectivity index (χ1) is 12.5. The minimum Gasteiger partial charge on any atom is -0.454 e. The largest absolute Gasteiger partial charge is 0.454 e. The van der Waals surface area contributed by atoms with Crippen molar-refractivity contribution in [3.05, 3.63) is 56.4 Å². The second-order valence-electron chi connectivity index (χ2n) is 5.72. The fourth-order valence-electron chi connectivity index (χ4n) is 2.65. The summed E-state index contributed by atoms with van der Waals surface area (Å²) < 4.78 is 20.3.